The van der Waals surface area contributed by atoms with E-state index in [-0.39, 0.29) is 16.7 Å². The van der Waals surface area contributed by atoms with Crippen LogP contribution >= 0.6 is 34.8 Å². The topological polar surface area (TPSA) is 75.7 Å². The largest absolute Gasteiger partial charge is 0.487 e. The number of ether oxygens (including phenoxy) is 1. The number of rotatable bonds is 5. The molecule has 1 fully saturated rings. The van der Waals surface area contributed by atoms with Gasteiger partial charge in [-0.05, 0) is 59.7 Å². The predicted molar refractivity (Wildman–Crippen MR) is 133 cm³/mol. The van der Waals surface area contributed by atoms with Gasteiger partial charge in [0.25, 0.3) is 11.8 Å². The van der Waals surface area contributed by atoms with Crippen molar-refractivity contribution >= 4 is 64.4 Å². The fourth-order valence-electron chi connectivity index (χ4n) is 3.42. The van der Waals surface area contributed by atoms with E-state index in [0.29, 0.717) is 33.4 Å². The highest BCUT2D eigenvalue weighted by Crippen LogP contribution is 2.37. The van der Waals surface area contributed by atoms with Gasteiger partial charge in [0, 0.05) is 5.02 Å². The summed E-state index contributed by atoms with van der Waals surface area (Å²) < 4.78 is 45.2. The first-order valence-corrected chi connectivity index (χ1v) is 11.5. The molecule has 1 aliphatic rings. The first-order valence-electron chi connectivity index (χ1n) is 10.4. The number of nitrogens with zero attached hydrogens (tertiary/aromatic N) is 1. The van der Waals surface area contributed by atoms with Crippen molar-refractivity contribution in [3.8, 4) is 5.75 Å². The lowest BCUT2D eigenvalue weighted by Gasteiger charge is -2.27. The number of carbonyl (C=O) groups is 3. The van der Waals surface area contributed by atoms with Crippen molar-refractivity contribution in [3.05, 3.63) is 98.0 Å². The number of anilines is 1. The molecule has 1 heterocycles. The van der Waals surface area contributed by atoms with Gasteiger partial charge in [0.1, 0.15) is 17.9 Å². The first-order chi connectivity index (χ1) is 17.4. The second-order valence-electron chi connectivity index (χ2n) is 7.73. The lowest BCUT2D eigenvalue weighted by atomic mass is 10.1. The van der Waals surface area contributed by atoms with Crippen molar-refractivity contribution in [2.45, 2.75) is 12.8 Å². The molecule has 1 saturated heterocycles. The second-order valence-corrected chi connectivity index (χ2v) is 8.98. The molecule has 0 atom stereocenters. The summed E-state index contributed by atoms with van der Waals surface area (Å²) >= 11 is 18.2. The highest BCUT2D eigenvalue weighted by Gasteiger charge is 2.39. The van der Waals surface area contributed by atoms with E-state index in [1.54, 1.807) is 18.2 Å². The zero-order valence-electron chi connectivity index (χ0n) is 18.4. The number of halogens is 6. The monoisotopic (exact) mass is 568 g/mol. The number of hydrogen-bond acceptors (Lipinski definition) is 4. The lowest BCUT2D eigenvalue weighted by molar-refractivity contribution is -0.137. The lowest BCUT2D eigenvalue weighted by Crippen LogP contribution is -2.54. The Kier molecular flexibility index (Phi) is 7.49. The maximum atomic E-state index is 13.2. The van der Waals surface area contributed by atoms with Crippen LogP contribution in [0.25, 0.3) is 6.08 Å². The van der Waals surface area contributed by atoms with Gasteiger partial charge in [0.2, 0.25) is 0 Å². The fraction of sp³-hybridized carbons (Fsp3) is 0.0800. The molecule has 190 valence electrons. The van der Waals surface area contributed by atoms with Gasteiger partial charge in [0.05, 0.1) is 21.3 Å². The smallest absolute Gasteiger partial charge is 0.416 e. The van der Waals surface area contributed by atoms with Gasteiger partial charge in [-0.2, -0.15) is 13.2 Å². The molecule has 4 amide bonds. The van der Waals surface area contributed by atoms with Crippen LogP contribution in [-0.4, -0.2) is 17.8 Å². The quantitative estimate of drug-likeness (QED) is 0.268. The number of amides is 4. The van der Waals surface area contributed by atoms with E-state index in [1.807, 2.05) is 11.4 Å². The van der Waals surface area contributed by atoms with E-state index >= 15 is 0 Å². The third-order valence-corrected chi connectivity index (χ3v) is 6.02. The Morgan fingerprint density at radius 1 is 0.919 bits per heavy atom. The normalized spacial score (nSPS) is 15.2. The molecule has 1 aliphatic heterocycles. The van der Waals surface area contributed by atoms with Gasteiger partial charge in [-0.1, -0.05) is 53.0 Å². The Labute approximate surface area is 223 Å². The summed E-state index contributed by atoms with van der Waals surface area (Å²) in [6, 6.07) is 12.4. The summed E-state index contributed by atoms with van der Waals surface area (Å²) in [5.41, 5.74) is -1.08. The van der Waals surface area contributed by atoms with Gasteiger partial charge < -0.3 is 4.74 Å². The van der Waals surface area contributed by atoms with Crippen molar-refractivity contribution in [3.63, 3.8) is 0 Å². The Morgan fingerprint density at radius 3 is 2.35 bits per heavy atom. The zero-order chi connectivity index (χ0) is 26.9. The molecule has 6 nitrogen and oxygen atoms in total. The molecule has 0 unspecified atom stereocenters. The number of carbonyl (C=O) groups excluding carboxylic acids is 3. The maximum absolute atomic E-state index is 13.2. The van der Waals surface area contributed by atoms with Crippen LogP contribution in [0.2, 0.25) is 15.1 Å². The minimum absolute atomic E-state index is 0.161. The van der Waals surface area contributed by atoms with E-state index in [4.69, 9.17) is 39.5 Å². The number of imide groups is 2. The standard InChI is InChI=1S/C25H14Cl3F3N2O4/c26-16-3-1-2-14(8-16)12-37-21-7-4-13(10-19(21)28)9-17-22(34)32-24(36)33(23(17)35)20-11-15(25(29,30)31)5-6-18(20)27/h1-11H,12H2,(H,32,34,36)/b17-9-. The number of alkyl halides is 3. The highest BCUT2D eigenvalue weighted by atomic mass is 35.5. The van der Waals surface area contributed by atoms with Crippen molar-refractivity contribution in [1.29, 1.82) is 0 Å². The van der Waals surface area contributed by atoms with Crippen molar-refractivity contribution < 1.29 is 32.3 Å². The molecule has 0 bridgehead atoms. The van der Waals surface area contributed by atoms with Gasteiger partial charge in [0.15, 0.2) is 0 Å². The number of benzene rings is 3. The Bertz CT molecular complexity index is 1460. The summed E-state index contributed by atoms with van der Waals surface area (Å²) in [6.45, 7) is 0.177. The Hall–Kier alpha value is -3.53. The molecule has 37 heavy (non-hydrogen) atoms. The van der Waals surface area contributed by atoms with Crippen LogP contribution in [0.1, 0.15) is 16.7 Å². The summed E-state index contributed by atoms with van der Waals surface area (Å²) in [5.74, 6) is -1.88. The number of barbiturate groups is 1. The minimum atomic E-state index is -4.75. The Morgan fingerprint density at radius 2 is 1.68 bits per heavy atom. The molecular formula is C25H14Cl3F3N2O4. The highest BCUT2D eigenvalue weighted by molar-refractivity contribution is 6.42. The van der Waals surface area contributed by atoms with Crippen LogP contribution in [0.15, 0.2) is 66.2 Å². The number of hydrogen-bond donors (Lipinski definition) is 1. The average molecular weight is 570 g/mol. The molecule has 4 rings (SSSR count). The molecule has 0 aromatic heterocycles. The molecule has 1 N–H and O–H groups in total. The molecule has 0 aliphatic carbocycles. The Balaban J connectivity index is 1.61. The summed E-state index contributed by atoms with van der Waals surface area (Å²) in [6.07, 6.45) is -3.61. The van der Waals surface area contributed by atoms with Gasteiger partial charge in [-0.15, -0.1) is 0 Å². The van der Waals surface area contributed by atoms with Crippen molar-refractivity contribution in [2.75, 3.05) is 4.90 Å². The van der Waals surface area contributed by atoms with Crippen LogP contribution in [0.3, 0.4) is 0 Å². The molecule has 0 spiro atoms. The van der Waals surface area contributed by atoms with Crippen LogP contribution < -0.4 is 15.0 Å². The van der Waals surface area contributed by atoms with Crippen molar-refractivity contribution in [1.82, 2.24) is 5.32 Å². The van der Waals surface area contributed by atoms with Gasteiger partial charge >= 0.3 is 12.2 Å². The number of urea groups is 1. The molecule has 0 radical (unpaired) electrons. The van der Waals surface area contributed by atoms with E-state index < -0.39 is 40.8 Å². The molecule has 3 aromatic rings. The molecule has 12 heteroatoms. The fourth-order valence-corrected chi connectivity index (χ4v) is 4.07. The van der Waals surface area contributed by atoms with E-state index in [9.17, 15) is 27.6 Å². The second kappa shape index (κ2) is 10.5. The van der Waals surface area contributed by atoms with E-state index in [2.05, 4.69) is 0 Å². The summed E-state index contributed by atoms with van der Waals surface area (Å²) in [7, 11) is 0. The van der Waals surface area contributed by atoms with Crippen LogP contribution in [0.5, 0.6) is 5.75 Å². The van der Waals surface area contributed by atoms with Crippen LogP contribution in [0.4, 0.5) is 23.7 Å². The molecule has 0 saturated carbocycles. The third-order valence-electron chi connectivity index (χ3n) is 5.17. The predicted octanol–water partition coefficient (Wildman–Crippen LogP) is 6.91. The van der Waals surface area contributed by atoms with Crippen LogP contribution in [0, 0.1) is 0 Å². The first kappa shape index (κ1) is 26.5. The van der Waals surface area contributed by atoms with Crippen molar-refractivity contribution in [2.24, 2.45) is 0 Å². The molecular weight excluding hydrogens is 556 g/mol. The summed E-state index contributed by atoms with van der Waals surface area (Å²) in [5, 5.41) is 2.34. The average Bonchev–Trinajstić information content (AvgIpc) is 2.81. The van der Waals surface area contributed by atoms with Gasteiger partial charge in [-0.3, -0.25) is 14.9 Å². The van der Waals surface area contributed by atoms with E-state index in [1.165, 1.54) is 18.2 Å². The maximum Gasteiger partial charge on any atom is 0.416 e. The van der Waals surface area contributed by atoms with E-state index in [0.717, 1.165) is 17.7 Å². The SMILES string of the molecule is O=C1NC(=O)N(c2cc(C(F)(F)F)ccc2Cl)C(=O)/C1=C\c1ccc(OCc2cccc(Cl)c2)c(Cl)c1. The zero-order valence-corrected chi connectivity index (χ0v) is 20.7. The molecule has 3 aromatic carbocycles. The minimum Gasteiger partial charge on any atom is -0.487 e. The van der Waals surface area contributed by atoms with Gasteiger partial charge in [-0.25, -0.2) is 9.69 Å². The summed E-state index contributed by atoms with van der Waals surface area (Å²) in [4.78, 5) is 38.3. The van der Waals surface area contributed by atoms with Crippen LogP contribution in [-0.2, 0) is 22.4 Å². The number of nitrogens with one attached hydrogen (secondary N) is 1. The third kappa shape index (κ3) is 5.90.